The zero-order valence-corrected chi connectivity index (χ0v) is 20.7. The van der Waals surface area contributed by atoms with Crippen LogP contribution in [0.5, 0.6) is 0 Å². The van der Waals surface area contributed by atoms with E-state index in [1.54, 1.807) is 63.2 Å². The number of nitrogens with zero attached hydrogens (tertiary/aromatic N) is 2. The summed E-state index contributed by atoms with van der Waals surface area (Å²) in [7, 11) is 0. The van der Waals surface area contributed by atoms with Crippen molar-refractivity contribution in [3.8, 4) is 0 Å². The van der Waals surface area contributed by atoms with Crippen molar-refractivity contribution >= 4 is 28.7 Å². The zero-order valence-electron chi connectivity index (χ0n) is 20.7. The summed E-state index contributed by atoms with van der Waals surface area (Å²) in [6, 6.07) is 15.2. The van der Waals surface area contributed by atoms with E-state index in [0.717, 1.165) is 16.3 Å². The first-order valence-electron chi connectivity index (χ1n) is 11.7. The second-order valence-corrected chi connectivity index (χ2v) is 9.67. The van der Waals surface area contributed by atoms with Crippen LogP contribution < -0.4 is 5.32 Å². The summed E-state index contributed by atoms with van der Waals surface area (Å²) >= 11 is 0. The molecule has 0 aliphatic heterocycles. The second-order valence-electron chi connectivity index (χ2n) is 9.67. The highest BCUT2D eigenvalue weighted by molar-refractivity contribution is 6.08. The molecular weight excluding hydrogens is 480 g/mol. The van der Waals surface area contributed by atoms with Crippen LogP contribution >= 0.6 is 0 Å². The molecule has 3 aromatic carbocycles. The number of amides is 1. The van der Waals surface area contributed by atoms with E-state index in [-0.39, 0.29) is 18.8 Å². The van der Waals surface area contributed by atoms with Gasteiger partial charge in [0.25, 0.3) is 5.91 Å². The molecule has 2 N–H and O–H groups in total. The molecule has 1 amide bonds. The first-order chi connectivity index (χ1) is 17.5. The lowest BCUT2D eigenvalue weighted by atomic mass is 10.0. The number of aliphatic hydroxyl groups excluding tert-OH is 1. The Labute approximate surface area is 212 Å². The highest BCUT2D eigenvalue weighted by atomic mass is 19.1. The van der Waals surface area contributed by atoms with Gasteiger partial charge in [-0.3, -0.25) is 4.79 Å². The Bertz CT molecular complexity index is 1440. The molecule has 0 spiro atoms. The third kappa shape index (κ3) is 6.37. The Morgan fingerprint density at radius 2 is 1.59 bits per heavy atom. The van der Waals surface area contributed by atoms with Gasteiger partial charge >= 0.3 is 6.09 Å². The largest absolute Gasteiger partial charge is 0.442 e. The van der Waals surface area contributed by atoms with Crippen molar-refractivity contribution in [1.29, 1.82) is 0 Å². The third-order valence-corrected chi connectivity index (χ3v) is 5.49. The Hall–Kier alpha value is -4.11. The van der Waals surface area contributed by atoms with Gasteiger partial charge in [0, 0.05) is 23.6 Å². The summed E-state index contributed by atoms with van der Waals surface area (Å²) in [4.78, 5) is 25.8. The van der Waals surface area contributed by atoms with E-state index >= 15 is 0 Å². The minimum absolute atomic E-state index is 0.00420. The highest BCUT2D eigenvalue weighted by Crippen LogP contribution is 2.27. The molecule has 0 saturated carbocycles. The van der Waals surface area contributed by atoms with Crippen molar-refractivity contribution in [3.63, 3.8) is 0 Å². The van der Waals surface area contributed by atoms with Gasteiger partial charge in [0.05, 0.1) is 5.52 Å². The lowest BCUT2D eigenvalue weighted by Gasteiger charge is -2.19. The fourth-order valence-corrected chi connectivity index (χ4v) is 3.89. The van der Waals surface area contributed by atoms with E-state index in [2.05, 4.69) is 10.4 Å². The van der Waals surface area contributed by atoms with Crippen LogP contribution in [-0.2, 0) is 17.6 Å². The molecule has 0 atom stereocenters. The van der Waals surface area contributed by atoms with Gasteiger partial charge in [0.2, 0.25) is 0 Å². The predicted molar refractivity (Wildman–Crippen MR) is 136 cm³/mol. The Morgan fingerprint density at radius 1 is 0.946 bits per heavy atom. The number of anilines is 1. The number of halogens is 2. The normalized spacial score (nSPS) is 11.5. The van der Waals surface area contributed by atoms with E-state index < -0.39 is 29.2 Å². The predicted octanol–water partition coefficient (Wildman–Crippen LogP) is 5.48. The molecule has 0 aliphatic rings. The van der Waals surface area contributed by atoms with Crippen molar-refractivity contribution < 1.29 is 28.2 Å². The SMILES string of the molecule is CC(C)(C)OC(=O)n1nc(NC(=O)c2ccc(CCO)cc2)c2cc(Cc3cc(F)cc(F)c3)ccc21. The molecule has 0 saturated heterocycles. The van der Waals surface area contributed by atoms with Crippen LogP contribution in [0, 0.1) is 11.6 Å². The minimum Gasteiger partial charge on any atom is -0.442 e. The number of hydrogen-bond donors (Lipinski definition) is 2. The molecule has 1 heterocycles. The van der Waals surface area contributed by atoms with Gasteiger partial charge in [-0.05, 0) is 86.7 Å². The number of fused-ring (bicyclic) bond motifs is 1. The molecule has 1 aromatic heterocycles. The van der Waals surface area contributed by atoms with Crippen molar-refractivity contribution in [2.45, 2.75) is 39.2 Å². The molecule has 0 fully saturated rings. The maximum absolute atomic E-state index is 13.7. The van der Waals surface area contributed by atoms with E-state index in [0.29, 0.717) is 34.0 Å². The summed E-state index contributed by atoms with van der Waals surface area (Å²) in [5.41, 5.74) is 2.02. The van der Waals surface area contributed by atoms with E-state index in [1.165, 1.54) is 12.1 Å². The Kier molecular flexibility index (Phi) is 7.35. The zero-order chi connectivity index (χ0) is 26.7. The first-order valence-corrected chi connectivity index (χ1v) is 11.7. The van der Waals surface area contributed by atoms with E-state index in [9.17, 15) is 18.4 Å². The summed E-state index contributed by atoms with van der Waals surface area (Å²) in [5.74, 6) is -1.65. The van der Waals surface area contributed by atoms with Crippen molar-refractivity contribution in [3.05, 3.63) is 94.6 Å². The van der Waals surface area contributed by atoms with Crippen molar-refractivity contribution in [2.24, 2.45) is 0 Å². The average Bonchev–Trinajstić information content (AvgIpc) is 3.16. The smallest absolute Gasteiger partial charge is 0.435 e. The molecule has 0 aliphatic carbocycles. The van der Waals surface area contributed by atoms with Crippen LogP contribution in [0.4, 0.5) is 19.4 Å². The number of carbonyl (C=O) groups is 2. The number of hydrogen-bond acceptors (Lipinski definition) is 5. The summed E-state index contributed by atoms with van der Waals surface area (Å²) in [6.07, 6.45) is -0.0152. The number of aromatic nitrogens is 2. The summed E-state index contributed by atoms with van der Waals surface area (Å²) in [5, 5.41) is 16.6. The van der Waals surface area contributed by atoms with Gasteiger partial charge in [0.1, 0.15) is 17.2 Å². The number of rotatable bonds is 6. The van der Waals surface area contributed by atoms with Crippen molar-refractivity contribution in [1.82, 2.24) is 9.78 Å². The molecule has 4 aromatic rings. The molecule has 9 heteroatoms. The van der Waals surface area contributed by atoms with Gasteiger partial charge in [-0.15, -0.1) is 5.10 Å². The number of ether oxygens (including phenoxy) is 1. The molecule has 0 radical (unpaired) electrons. The number of aliphatic hydroxyl groups is 1. The Balaban J connectivity index is 1.71. The summed E-state index contributed by atoms with van der Waals surface area (Å²) in [6.45, 7) is 5.20. The second kappa shape index (κ2) is 10.5. The molecule has 192 valence electrons. The maximum atomic E-state index is 13.7. The van der Waals surface area contributed by atoms with Crippen LogP contribution in [-0.4, -0.2) is 39.1 Å². The molecule has 0 unspecified atom stereocenters. The van der Waals surface area contributed by atoms with Crippen molar-refractivity contribution in [2.75, 3.05) is 11.9 Å². The standard InChI is InChI=1S/C28H27F2N3O4/c1-28(2,3)37-27(36)33-24-9-6-18(12-19-13-21(29)16-22(30)14-19)15-23(24)25(32-33)31-26(35)20-7-4-17(5-8-20)10-11-34/h4-9,13-16,34H,10-12H2,1-3H3,(H,31,32,35). The number of benzene rings is 3. The third-order valence-electron chi connectivity index (χ3n) is 5.49. The topological polar surface area (TPSA) is 93.5 Å². The minimum atomic E-state index is -0.767. The fourth-order valence-electron chi connectivity index (χ4n) is 3.89. The van der Waals surface area contributed by atoms with Crippen LogP contribution in [0.3, 0.4) is 0 Å². The maximum Gasteiger partial charge on any atom is 0.435 e. The highest BCUT2D eigenvalue weighted by Gasteiger charge is 2.23. The average molecular weight is 508 g/mol. The summed E-state index contributed by atoms with van der Waals surface area (Å²) < 4.78 is 33.9. The van der Waals surface area contributed by atoms with Crippen LogP contribution in [0.1, 0.15) is 47.8 Å². The first kappa shape index (κ1) is 26.0. The molecule has 4 rings (SSSR count). The van der Waals surface area contributed by atoms with E-state index in [1.807, 2.05) is 0 Å². The Morgan fingerprint density at radius 3 is 2.22 bits per heavy atom. The van der Waals surface area contributed by atoms with Gasteiger partial charge in [0.15, 0.2) is 5.82 Å². The van der Waals surface area contributed by atoms with Crippen LogP contribution in [0.15, 0.2) is 60.7 Å². The molecule has 37 heavy (non-hydrogen) atoms. The number of carbonyl (C=O) groups excluding carboxylic acids is 2. The monoisotopic (exact) mass is 507 g/mol. The lowest BCUT2D eigenvalue weighted by molar-refractivity contribution is 0.0522. The van der Waals surface area contributed by atoms with Crippen LogP contribution in [0.25, 0.3) is 10.9 Å². The van der Waals surface area contributed by atoms with Crippen LogP contribution in [0.2, 0.25) is 0 Å². The fraction of sp³-hybridized carbons (Fsp3) is 0.250. The molecule has 7 nitrogen and oxygen atoms in total. The van der Waals surface area contributed by atoms with E-state index in [4.69, 9.17) is 9.84 Å². The lowest BCUT2D eigenvalue weighted by Crippen LogP contribution is -2.27. The quantitative estimate of drug-likeness (QED) is 0.361. The molecular formula is C28H27F2N3O4. The van der Waals surface area contributed by atoms with Gasteiger partial charge < -0.3 is 15.2 Å². The number of nitrogens with one attached hydrogen (secondary N) is 1. The van der Waals surface area contributed by atoms with Gasteiger partial charge in [-0.2, -0.15) is 4.68 Å². The van der Waals surface area contributed by atoms with Gasteiger partial charge in [-0.1, -0.05) is 18.2 Å². The molecule has 0 bridgehead atoms. The van der Waals surface area contributed by atoms with Gasteiger partial charge in [-0.25, -0.2) is 13.6 Å².